The highest BCUT2D eigenvalue weighted by Crippen LogP contribution is 2.45. The highest BCUT2D eigenvalue weighted by atomic mass is 35.5. The molecule has 2 atom stereocenters. The molecule has 0 bridgehead atoms. The molecule has 1 aliphatic carbocycles. The van der Waals surface area contributed by atoms with E-state index in [1.807, 2.05) is 13.0 Å². The second kappa shape index (κ2) is 10.2. The first-order valence-electron chi connectivity index (χ1n) is 12.1. The van der Waals surface area contributed by atoms with Gasteiger partial charge in [0.15, 0.2) is 5.69 Å². The standard InChI is InChI=1S/C26H23ClN6O5/c1-2-30-15-22(27)24(28-30)26(34)31-25(18-8-4-10-20(14-18)33(37)38)21-11-5-7-17(23(21)29-31)12-16-6-3-9-19(13-16)32(35)36/h3-4,6,8-10,12-15,21,25H,2,5,7,11H2,1H3. The molecule has 1 aromatic heterocycles. The van der Waals surface area contributed by atoms with Gasteiger partial charge in [-0.3, -0.25) is 29.7 Å². The van der Waals surface area contributed by atoms with Crippen LogP contribution in [0, 0.1) is 26.1 Å². The summed E-state index contributed by atoms with van der Waals surface area (Å²) >= 11 is 6.35. The molecular weight excluding hydrogens is 512 g/mol. The fourth-order valence-corrected chi connectivity index (χ4v) is 5.30. The van der Waals surface area contributed by atoms with Crippen molar-refractivity contribution >= 4 is 40.7 Å². The first-order valence-corrected chi connectivity index (χ1v) is 12.5. The number of non-ortho nitro benzene ring substituents is 2. The number of aromatic nitrogens is 2. The molecule has 0 N–H and O–H groups in total. The smallest absolute Gasteiger partial charge is 0.271 e. The summed E-state index contributed by atoms with van der Waals surface area (Å²) in [4.78, 5) is 35.6. The van der Waals surface area contributed by atoms with Gasteiger partial charge in [0.05, 0.1) is 26.6 Å². The first kappa shape index (κ1) is 25.3. The van der Waals surface area contributed by atoms with E-state index in [1.165, 1.54) is 29.3 Å². The lowest BCUT2D eigenvalue weighted by atomic mass is 9.77. The molecule has 0 saturated heterocycles. The number of amides is 1. The molecule has 38 heavy (non-hydrogen) atoms. The van der Waals surface area contributed by atoms with Gasteiger partial charge in [0, 0.05) is 42.9 Å². The number of nitro benzene ring substituents is 2. The number of rotatable bonds is 6. The van der Waals surface area contributed by atoms with Gasteiger partial charge in [0.2, 0.25) is 0 Å². The van der Waals surface area contributed by atoms with Gasteiger partial charge in [-0.1, -0.05) is 35.9 Å². The number of aryl methyl sites for hydroxylation is 1. The number of hydrogen-bond donors (Lipinski definition) is 0. The maximum Gasteiger partial charge on any atom is 0.296 e. The van der Waals surface area contributed by atoms with E-state index >= 15 is 0 Å². The molecular formula is C26H23ClN6O5. The van der Waals surface area contributed by atoms with Gasteiger partial charge in [-0.05, 0) is 49.0 Å². The van der Waals surface area contributed by atoms with Gasteiger partial charge in [-0.2, -0.15) is 10.2 Å². The van der Waals surface area contributed by atoms with Crippen LogP contribution in [0.3, 0.4) is 0 Å². The third-order valence-corrected chi connectivity index (χ3v) is 7.07. The fourth-order valence-electron chi connectivity index (χ4n) is 5.07. The second-order valence-corrected chi connectivity index (χ2v) is 9.54. The third-order valence-electron chi connectivity index (χ3n) is 6.80. The van der Waals surface area contributed by atoms with Crippen LogP contribution in [0.15, 0.2) is 65.4 Å². The predicted molar refractivity (Wildman–Crippen MR) is 141 cm³/mol. The molecule has 1 saturated carbocycles. The van der Waals surface area contributed by atoms with Crippen LogP contribution in [0.2, 0.25) is 5.02 Å². The van der Waals surface area contributed by atoms with Gasteiger partial charge >= 0.3 is 0 Å². The van der Waals surface area contributed by atoms with Crippen molar-refractivity contribution in [2.24, 2.45) is 11.0 Å². The molecule has 2 aromatic carbocycles. The van der Waals surface area contributed by atoms with Crippen LogP contribution in [0.1, 0.15) is 53.8 Å². The minimum Gasteiger partial charge on any atom is -0.271 e. The number of hydrogen-bond acceptors (Lipinski definition) is 7. The molecule has 0 radical (unpaired) electrons. The molecule has 2 heterocycles. The molecule has 3 aromatic rings. The highest BCUT2D eigenvalue weighted by molar-refractivity contribution is 6.33. The number of allylic oxidation sites excluding steroid dienone is 1. The zero-order valence-corrected chi connectivity index (χ0v) is 21.1. The van der Waals surface area contributed by atoms with Crippen LogP contribution in [0.5, 0.6) is 0 Å². The monoisotopic (exact) mass is 534 g/mol. The Balaban J connectivity index is 1.61. The quantitative estimate of drug-likeness (QED) is 0.289. The summed E-state index contributed by atoms with van der Waals surface area (Å²) in [6.45, 7) is 2.40. The topological polar surface area (TPSA) is 137 Å². The SMILES string of the molecule is CCn1cc(Cl)c(C(=O)N2N=C3C(=Cc4cccc([N+](=O)[O-])c4)CCCC3C2c2cccc([N+](=O)[O-])c2)n1. The van der Waals surface area contributed by atoms with Crippen LogP contribution in [-0.4, -0.2) is 36.3 Å². The Morgan fingerprint density at radius 1 is 1.13 bits per heavy atom. The van der Waals surface area contributed by atoms with Gasteiger partial charge < -0.3 is 0 Å². The number of carbonyl (C=O) groups excluding carboxylic acids is 1. The van der Waals surface area contributed by atoms with Crippen LogP contribution in [0.25, 0.3) is 6.08 Å². The number of hydrazone groups is 1. The number of carbonyl (C=O) groups is 1. The minimum absolute atomic E-state index is 0.0208. The summed E-state index contributed by atoms with van der Waals surface area (Å²) in [5, 5.41) is 33.4. The van der Waals surface area contributed by atoms with E-state index in [4.69, 9.17) is 16.7 Å². The van der Waals surface area contributed by atoms with Crippen molar-refractivity contribution in [3.8, 4) is 0 Å². The van der Waals surface area contributed by atoms with E-state index in [2.05, 4.69) is 5.10 Å². The van der Waals surface area contributed by atoms with E-state index in [-0.39, 0.29) is 28.0 Å². The molecule has 1 aliphatic heterocycles. The molecule has 5 rings (SSSR count). The van der Waals surface area contributed by atoms with Crippen molar-refractivity contribution < 1.29 is 14.6 Å². The summed E-state index contributed by atoms with van der Waals surface area (Å²) in [7, 11) is 0. The van der Waals surface area contributed by atoms with Crippen LogP contribution in [0.4, 0.5) is 11.4 Å². The van der Waals surface area contributed by atoms with Crippen LogP contribution in [-0.2, 0) is 6.54 Å². The van der Waals surface area contributed by atoms with E-state index in [9.17, 15) is 25.0 Å². The van der Waals surface area contributed by atoms with E-state index < -0.39 is 21.8 Å². The molecule has 0 spiro atoms. The Morgan fingerprint density at radius 2 is 1.84 bits per heavy atom. The van der Waals surface area contributed by atoms with E-state index in [0.717, 1.165) is 12.0 Å². The van der Waals surface area contributed by atoms with Crippen molar-refractivity contribution in [3.63, 3.8) is 0 Å². The summed E-state index contributed by atoms with van der Waals surface area (Å²) in [6.07, 6.45) is 5.60. The van der Waals surface area contributed by atoms with Gasteiger partial charge in [-0.25, -0.2) is 5.01 Å². The highest BCUT2D eigenvalue weighted by Gasteiger charge is 2.45. The van der Waals surface area contributed by atoms with Gasteiger partial charge in [0.25, 0.3) is 17.3 Å². The molecule has 2 aliphatic rings. The largest absolute Gasteiger partial charge is 0.296 e. The summed E-state index contributed by atoms with van der Waals surface area (Å²) in [5.74, 6) is -0.734. The molecule has 12 heteroatoms. The molecule has 2 unspecified atom stereocenters. The average molecular weight is 535 g/mol. The van der Waals surface area contributed by atoms with Crippen molar-refractivity contribution in [2.75, 3.05) is 0 Å². The maximum absolute atomic E-state index is 13.8. The molecule has 1 fully saturated rings. The van der Waals surface area contributed by atoms with Gasteiger partial charge in [0.1, 0.15) is 0 Å². The Hall–Kier alpha value is -4.38. The predicted octanol–water partition coefficient (Wildman–Crippen LogP) is 5.81. The Bertz CT molecular complexity index is 1510. The number of fused-ring (bicyclic) bond motifs is 1. The summed E-state index contributed by atoms with van der Waals surface area (Å²) < 4.78 is 1.56. The third kappa shape index (κ3) is 4.68. The Kier molecular flexibility index (Phi) is 6.77. The number of nitrogens with zero attached hydrogens (tertiary/aromatic N) is 6. The lowest BCUT2D eigenvalue weighted by Gasteiger charge is -2.29. The molecule has 1 amide bonds. The zero-order valence-electron chi connectivity index (χ0n) is 20.4. The van der Waals surface area contributed by atoms with E-state index in [0.29, 0.717) is 36.2 Å². The van der Waals surface area contributed by atoms with Crippen LogP contribution >= 0.6 is 11.6 Å². The van der Waals surface area contributed by atoms with Crippen molar-refractivity contribution in [1.82, 2.24) is 14.8 Å². The number of benzene rings is 2. The van der Waals surface area contributed by atoms with Gasteiger partial charge in [-0.15, -0.1) is 0 Å². The minimum atomic E-state index is -0.603. The summed E-state index contributed by atoms with van der Waals surface area (Å²) in [6, 6.07) is 11.9. The van der Waals surface area contributed by atoms with E-state index in [1.54, 1.807) is 35.1 Å². The summed E-state index contributed by atoms with van der Waals surface area (Å²) in [5.41, 5.74) is 2.72. The Labute approximate surface area is 222 Å². The Morgan fingerprint density at radius 3 is 2.53 bits per heavy atom. The zero-order chi connectivity index (χ0) is 27.0. The maximum atomic E-state index is 13.8. The second-order valence-electron chi connectivity index (χ2n) is 9.13. The van der Waals surface area contributed by atoms with Crippen LogP contribution < -0.4 is 0 Å². The fraction of sp³-hybridized carbons (Fsp3) is 0.269. The van der Waals surface area contributed by atoms with Crippen molar-refractivity contribution in [3.05, 3.63) is 102 Å². The average Bonchev–Trinajstić information content (AvgIpc) is 3.49. The van der Waals surface area contributed by atoms with Crippen molar-refractivity contribution in [2.45, 2.75) is 38.8 Å². The van der Waals surface area contributed by atoms with Crippen molar-refractivity contribution in [1.29, 1.82) is 0 Å². The first-order chi connectivity index (χ1) is 18.3. The number of halogens is 1. The normalized spacial score (nSPS) is 19.8. The molecule has 194 valence electrons. The lowest BCUT2D eigenvalue weighted by Crippen LogP contribution is -2.32. The molecule has 11 nitrogen and oxygen atoms in total. The lowest BCUT2D eigenvalue weighted by molar-refractivity contribution is -0.385. The number of nitro groups is 2.